The number of hydrogen-bond acceptors (Lipinski definition) is 4. The Bertz CT molecular complexity index is 493. The highest BCUT2D eigenvalue weighted by Gasteiger charge is 2.17. The van der Waals surface area contributed by atoms with Gasteiger partial charge >= 0.3 is 0 Å². The van der Waals surface area contributed by atoms with Crippen LogP contribution in [0.2, 0.25) is 0 Å². The van der Waals surface area contributed by atoms with E-state index in [1.54, 1.807) is 19.2 Å². The molecule has 0 bridgehead atoms. The molecule has 0 atom stereocenters. The van der Waals surface area contributed by atoms with E-state index in [2.05, 4.69) is 11.4 Å². The average molecular weight is 245 g/mol. The fourth-order valence-electron chi connectivity index (χ4n) is 2.04. The number of benzene rings is 1. The third-order valence-electron chi connectivity index (χ3n) is 2.92. The summed E-state index contributed by atoms with van der Waals surface area (Å²) in [6.07, 6.45) is 0. The number of methoxy groups -OCH3 is 1. The van der Waals surface area contributed by atoms with E-state index in [9.17, 15) is 4.79 Å². The molecule has 1 aromatic carbocycles. The van der Waals surface area contributed by atoms with Crippen molar-refractivity contribution in [2.24, 2.45) is 0 Å². The van der Waals surface area contributed by atoms with Gasteiger partial charge in [-0.2, -0.15) is 5.26 Å². The van der Waals surface area contributed by atoms with Crippen LogP contribution < -0.4 is 10.1 Å². The van der Waals surface area contributed by atoms with Gasteiger partial charge in [0.15, 0.2) is 0 Å². The lowest BCUT2D eigenvalue weighted by Gasteiger charge is -2.27. The first kappa shape index (κ1) is 12.4. The molecule has 0 aliphatic carbocycles. The number of piperazine rings is 1. The average Bonchev–Trinajstić information content (AvgIpc) is 2.38. The van der Waals surface area contributed by atoms with E-state index in [1.807, 2.05) is 11.0 Å². The maximum atomic E-state index is 11.3. The van der Waals surface area contributed by atoms with Crippen LogP contribution in [-0.2, 0) is 11.3 Å². The van der Waals surface area contributed by atoms with Gasteiger partial charge in [-0.05, 0) is 18.2 Å². The van der Waals surface area contributed by atoms with Crippen LogP contribution in [0.15, 0.2) is 18.2 Å². The fraction of sp³-hybridized carbons (Fsp3) is 0.385. The van der Waals surface area contributed by atoms with Crippen LogP contribution in [0.5, 0.6) is 5.75 Å². The van der Waals surface area contributed by atoms with Gasteiger partial charge in [-0.3, -0.25) is 9.69 Å². The van der Waals surface area contributed by atoms with Crippen molar-refractivity contribution in [3.63, 3.8) is 0 Å². The molecule has 5 nitrogen and oxygen atoms in total. The van der Waals surface area contributed by atoms with Crippen molar-refractivity contribution in [3.05, 3.63) is 29.3 Å². The Morgan fingerprint density at radius 2 is 2.39 bits per heavy atom. The summed E-state index contributed by atoms with van der Waals surface area (Å²) in [6, 6.07) is 7.44. The third kappa shape index (κ3) is 2.79. The summed E-state index contributed by atoms with van der Waals surface area (Å²) in [6.45, 7) is 2.48. The number of nitrogens with zero attached hydrogens (tertiary/aromatic N) is 2. The summed E-state index contributed by atoms with van der Waals surface area (Å²) in [4.78, 5) is 13.3. The van der Waals surface area contributed by atoms with Gasteiger partial charge in [-0.25, -0.2) is 0 Å². The predicted octanol–water partition coefficient (Wildman–Crippen LogP) is 0.499. The number of nitriles is 1. The molecule has 1 aromatic rings. The largest absolute Gasteiger partial charge is 0.496 e. The molecule has 1 aliphatic rings. The summed E-state index contributed by atoms with van der Waals surface area (Å²) in [5, 5.41) is 11.7. The normalized spacial score (nSPS) is 15.9. The van der Waals surface area contributed by atoms with Crippen molar-refractivity contribution >= 4 is 5.91 Å². The molecule has 2 rings (SSSR count). The van der Waals surface area contributed by atoms with E-state index in [-0.39, 0.29) is 5.91 Å². The van der Waals surface area contributed by atoms with E-state index >= 15 is 0 Å². The van der Waals surface area contributed by atoms with E-state index in [1.165, 1.54) is 0 Å². The number of carbonyl (C=O) groups is 1. The lowest BCUT2D eigenvalue weighted by molar-refractivity contribution is -0.124. The van der Waals surface area contributed by atoms with Gasteiger partial charge < -0.3 is 10.1 Å². The third-order valence-corrected chi connectivity index (χ3v) is 2.92. The molecule has 5 heteroatoms. The first-order valence-electron chi connectivity index (χ1n) is 5.79. The zero-order valence-electron chi connectivity index (χ0n) is 10.3. The Kier molecular flexibility index (Phi) is 3.80. The van der Waals surface area contributed by atoms with Crippen molar-refractivity contribution in [2.45, 2.75) is 6.54 Å². The summed E-state index contributed by atoms with van der Waals surface area (Å²) in [5.41, 5.74) is 1.54. The van der Waals surface area contributed by atoms with Crippen LogP contribution in [0.4, 0.5) is 0 Å². The Hall–Kier alpha value is -2.06. The quantitative estimate of drug-likeness (QED) is 0.842. The van der Waals surface area contributed by atoms with E-state index in [0.29, 0.717) is 25.2 Å². The molecular formula is C13H15N3O2. The van der Waals surface area contributed by atoms with Gasteiger partial charge in [-0.1, -0.05) is 0 Å². The van der Waals surface area contributed by atoms with Gasteiger partial charge in [0.2, 0.25) is 5.91 Å². The van der Waals surface area contributed by atoms with Crippen LogP contribution in [-0.4, -0.2) is 37.6 Å². The van der Waals surface area contributed by atoms with Gasteiger partial charge in [0, 0.05) is 25.2 Å². The smallest absolute Gasteiger partial charge is 0.234 e. The second kappa shape index (κ2) is 5.52. The van der Waals surface area contributed by atoms with Gasteiger partial charge in [0.05, 0.1) is 25.3 Å². The van der Waals surface area contributed by atoms with Crippen LogP contribution in [0.1, 0.15) is 11.1 Å². The summed E-state index contributed by atoms with van der Waals surface area (Å²) in [7, 11) is 1.60. The molecule has 0 spiro atoms. The van der Waals surface area contributed by atoms with E-state index in [4.69, 9.17) is 10.00 Å². The highest BCUT2D eigenvalue weighted by molar-refractivity contribution is 5.78. The number of hydrogen-bond donors (Lipinski definition) is 1. The van der Waals surface area contributed by atoms with Crippen molar-refractivity contribution < 1.29 is 9.53 Å². The number of rotatable bonds is 3. The highest BCUT2D eigenvalue weighted by atomic mass is 16.5. The zero-order valence-corrected chi connectivity index (χ0v) is 10.3. The van der Waals surface area contributed by atoms with Gasteiger partial charge in [-0.15, -0.1) is 0 Å². The molecule has 1 aliphatic heterocycles. The standard InChI is InChI=1S/C13H15N3O2/c1-18-12-3-2-10(7-14)6-11(12)8-16-5-4-15-13(17)9-16/h2-3,6H,4-5,8-9H2,1H3,(H,15,17). The molecule has 18 heavy (non-hydrogen) atoms. The Morgan fingerprint density at radius 1 is 1.56 bits per heavy atom. The maximum Gasteiger partial charge on any atom is 0.234 e. The molecule has 1 heterocycles. The topological polar surface area (TPSA) is 65.4 Å². The lowest BCUT2D eigenvalue weighted by atomic mass is 10.1. The van der Waals surface area contributed by atoms with Crippen LogP contribution in [0.25, 0.3) is 0 Å². The summed E-state index contributed by atoms with van der Waals surface area (Å²) < 4.78 is 5.28. The Balaban J connectivity index is 2.16. The molecule has 1 amide bonds. The monoisotopic (exact) mass is 245 g/mol. The number of nitrogens with one attached hydrogen (secondary N) is 1. The van der Waals surface area contributed by atoms with E-state index in [0.717, 1.165) is 17.9 Å². The minimum atomic E-state index is 0.0386. The summed E-state index contributed by atoms with van der Waals surface area (Å²) in [5.74, 6) is 0.789. The lowest BCUT2D eigenvalue weighted by Crippen LogP contribution is -2.47. The molecule has 1 N–H and O–H groups in total. The van der Waals surface area contributed by atoms with Crippen molar-refractivity contribution in [2.75, 3.05) is 26.7 Å². The highest BCUT2D eigenvalue weighted by Crippen LogP contribution is 2.21. The Morgan fingerprint density at radius 3 is 3.06 bits per heavy atom. The second-order valence-electron chi connectivity index (χ2n) is 4.20. The molecule has 1 fully saturated rings. The minimum Gasteiger partial charge on any atom is -0.496 e. The molecule has 0 aromatic heterocycles. The van der Waals surface area contributed by atoms with Crippen molar-refractivity contribution in [1.82, 2.24) is 10.2 Å². The fourth-order valence-corrected chi connectivity index (χ4v) is 2.04. The first-order chi connectivity index (χ1) is 8.72. The van der Waals surface area contributed by atoms with Crippen LogP contribution in [0.3, 0.4) is 0 Å². The molecule has 0 unspecified atom stereocenters. The minimum absolute atomic E-state index is 0.0386. The van der Waals surface area contributed by atoms with Gasteiger partial charge in [0.1, 0.15) is 5.75 Å². The first-order valence-corrected chi connectivity index (χ1v) is 5.79. The molecular weight excluding hydrogens is 230 g/mol. The Labute approximate surface area is 106 Å². The van der Waals surface area contributed by atoms with Crippen molar-refractivity contribution in [3.8, 4) is 11.8 Å². The van der Waals surface area contributed by atoms with Crippen LogP contribution >= 0.6 is 0 Å². The van der Waals surface area contributed by atoms with E-state index < -0.39 is 0 Å². The number of carbonyl (C=O) groups excluding carboxylic acids is 1. The zero-order chi connectivity index (χ0) is 13.0. The SMILES string of the molecule is COc1ccc(C#N)cc1CN1CCNC(=O)C1. The van der Waals surface area contributed by atoms with Crippen molar-refractivity contribution in [1.29, 1.82) is 5.26 Å². The number of ether oxygens (including phenoxy) is 1. The van der Waals surface area contributed by atoms with Crippen LogP contribution in [0, 0.1) is 11.3 Å². The predicted molar refractivity (Wildman–Crippen MR) is 66.0 cm³/mol. The van der Waals surface area contributed by atoms with Gasteiger partial charge in [0.25, 0.3) is 0 Å². The molecule has 0 saturated carbocycles. The molecule has 0 radical (unpaired) electrons. The number of amides is 1. The summed E-state index contributed by atoms with van der Waals surface area (Å²) >= 11 is 0. The second-order valence-corrected chi connectivity index (χ2v) is 4.20. The maximum absolute atomic E-state index is 11.3. The molecule has 1 saturated heterocycles. The molecule has 94 valence electrons.